The lowest BCUT2D eigenvalue weighted by Gasteiger charge is -2.23. The largest absolute Gasteiger partial charge is 0.472 e. The van der Waals surface area contributed by atoms with Gasteiger partial charge in [0.1, 0.15) is 0 Å². The first kappa shape index (κ1) is 54.9. The Balaban J connectivity index is 4.20. The lowest BCUT2D eigenvalue weighted by atomic mass is 10.0. The monoisotopic (exact) mass is 819 g/mol. The zero-order valence-corrected chi connectivity index (χ0v) is 37.4. The van der Waals surface area contributed by atoms with E-state index in [0.29, 0.717) is 6.42 Å². The fraction of sp³-hybridized carbons (Fsp3) is 0.729. The molecule has 0 aliphatic heterocycles. The van der Waals surface area contributed by atoms with E-state index in [9.17, 15) is 19.4 Å². The minimum Gasteiger partial charge on any atom is -0.387 e. The first-order chi connectivity index (χ1) is 27.9. The second-order valence-electron chi connectivity index (χ2n) is 15.2. The van der Waals surface area contributed by atoms with Gasteiger partial charge in [-0.15, -0.1) is 0 Å². The molecule has 0 saturated heterocycles. The zero-order valence-electron chi connectivity index (χ0n) is 36.6. The van der Waals surface area contributed by atoms with E-state index in [1.165, 1.54) is 89.9 Å². The molecule has 1 amide bonds. The molecule has 0 bridgehead atoms. The highest BCUT2D eigenvalue weighted by molar-refractivity contribution is 7.47. The zero-order chi connectivity index (χ0) is 41.8. The van der Waals surface area contributed by atoms with Gasteiger partial charge in [0.2, 0.25) is 5.91 Å². The molecule has 57 heavy (non-hydrogen) atoms. The Morgan fingerprint density at radius 2 is 1.02 bits per heavy atom. The number of aliphatic hydroxyl groups is 1. The number of unbranched alkanes of at least 4 members (excludes halogenated alkanes) is 20. The van der Waals surface area contributed by atoms with Crippen LogP contribution in [0.2, 0.25) is 0 Å². The molecule has 0 aromatic heterocycles. The van der Waals surface area contributed by atoms with Crippen LogP contribution in [0.15, 0.2) is 72.9 Å². The highest BCUT2D eigenvalue weighted by Crippen LogP contribution is 2.43. The molecule has 0 heterocycles. The standard InChI is InChI=1S/C48H87N2O6P/c1-3-5-7-9-11-13-15-17-19-20-21-22-23-24-25-26-28-30-32-34-36-38-40-42-48(52)50-46(45-56-57(53,54)55-44-43-49)47(51)41-39-37-35-33-31-29-27-18-16-14-12-10-8-6-4-2/h5,7,11,13,17,19,21-22,24-25,39,41,46-47,51H,3-4,6,8-10,12,14-16,18,20,23,26-38,40,42-45,49H2,1-2H3,(H,50,52)(H,53,54)/b7-5-,13-11-,19-17-,22-21-,25-24-,41-39+. The number of allylic oxidation sites excluding steroid dienone is 11. The Kier molecular flexibility index (Phi) is 41.9. The van der Waals surface area contributed by atoms with Crippen molar-refractivity contribution < 1.29 is 28.4 Å². The molecule has 0 spiro atoms. The third-order valence-electron chi connectivity index (χ3n) is 9.79. The van der Waals surface area contributed by atoms with Gasteiger partial charge in [0.25, 0.3) is 0 Å². The number of amides is 1. The molecule has 3 atom stereocenters. The third-order valence-corrected chi connectivity index (χ3v) is 10.8. The van der Waals surface area contributed by atoms with E-state index in [0.717, 1.165) is 83.5 Å². The van der Waals surface area contributed by atoms with Crippen molar-refractivity contribution in [3.05, 3.63) is 72.9 Å². The number of nitrogens with one attached hydrogen (secondary N) is 1. The number of carbonyl (C=O) groups is 1. The van der Waals surface area contributed by atoms with Crippen LogP contribution in [0.1, 0.15) is 194 Å². The van der Waals surface area contributed by atoms with Gasteiger partial charge in [-0.1, -0.05) is 196 Å². The molecular weight excluding hydrogens is 732 g/mol. The second-order valence-corrected chi connectivity index (χ2v) is 16.7. The molecule has 0 aromatic rings. The summed E-state index contributed by atoms with van der Waals surface area (Å²) >= 11 is 0. The topological polar surface area (TPSA) is 131 Å². The van der Waals surface area contributed by atoms with Gasteiger partial charge in [-0.25, -0.2) is 4.57 Å². The molecule has 0 saturated carbocycles. The summed E-state index contributed by atoms with van der Waals surface area (Å²) in [4.78, 5) is 22.7. The Morgan fingerprint density at radius 3 is 1.49 bits per heavy atom. The molecule has 9 heteroatoms. The van der Waals surface area contributed by atoms with Gasteiger partial charge in [0, 0.05) is 13.0 Å². The summed E-state index contributed by atoms with van der Waals surface area (Å²) in [7, 11) is -4.35. The van der Waals surface area contributed by atoms with Crippen molar-refractivity contribution in [3.63, 3.8) is 0 Å². The lowest BCUT2D eigenvalue weighted by molar-refractivity contribution is -0.123. The molecule has 3 unspecified atom stereocenters. The maximum absolute atomic E-state index is 12.8. The van der Waals surface area contributed by atoms with Gasteiger partial charge >= 0.3 is 7.82 Å². The number of phosphoric ester groups is 1. The molecule has 0 aromatic carbocycles. The van der Waals surface area contributed by atoms with Gasteiger partial charge < -0.3 is 21.1 Å². The van der Waals surface area contributed by atoms with Crippen molar-refractivity contribution in [3.8, 4) is 0 Å². The predicted octanol–water partition coefficient (Wildman–Crippen LogP) is 13.2. The molecule has 0 radical (unpaired) electrons. The van der Waals surface area contributed by atoms with Crippen LogP contribution in [0.5, 0.6) is 0 Å². The quantitative estimate of drug-likeness (QED) is 0.0274. The number of nitrogens with two attached hydrogens (primary N) is 1. The second kappa shape index (κ2) is 43.5. The summed E-state index contributed by atoms with van der Waals surface area (Å²) in [5.41, 5.74) is 5.38. The summed E-state index contributed by atoms with van der Waals surface area (Å²) in [6, 6.07) is -0.870. The molecule has 5 N–H and O–H groups in total. The number of hydrogen-bond acceptors (Lipinski definition) is 6. The van der Waals surface area contributed by atoms with E-state index in [2.05, 4.69) is 79.9 Å². The lowest BCUT2D eigenvalue weighted by Crippen LogP contribution is -2.45. The van der Waals surface area contributed by atoms with Gasteiger partial charge in [-0.05, 0) is 64.2 Å². The summed E-state index contributed by atoms with van der Waals surface area (Å²) in [6.07, 6.45) is 56.6. The van der Waals surface area contributed by atoms with Crippen LogP contribution in [-0.4, -0.2) is 47.8 Å². The number of phosphoric acid groups is 1. The van der Waals surface area contributed by atoms with Crippen LogP contribution in [0.3, 0.4) is 0 Å². The average Bonchev–Trinajstić information content (AvgIpc) is 3.20. The molecule has 0 aliphatic carbocycles. The minimum absolute atomic E-state index is 0.0731. The minimum atomic E-state index is -4.35. The van der Waals surface area contributed by atoms with Crippen LogP contribution in [0, 0.1) is 0 Å². The summed E-state index contributed by atoms with van der Waals surface area (Å²) in [5, 5.41) is 13.7. The van der Waals surface area contributed by atoms with Crippen molar-refractivity contribution in [1.82, 2.24) is 5.32 Å². The highest BCUT2D eigenvalue weighted by atomic mass is 31.2. The first-order valence-electron chi connectivity index (χ1n) is 23.1. The molecule has 0 rings (SSSR count). The molecular formula is C48H87N2O6P. The van der Waals surface area contributed by atoms with Crippen molar-refractivity contribution in [2.75, 3.05) is 19.8 Å². The van der Waals surface area contributed by atoms with E-state index >= 15 is 0 Å². The van der Waals surface area contributed by atoms with Crippen molar-refractivity contribution in [1.29, 1.82) is 0 Å². The van der Waals surface area contributed by atoms with Crippen molar-refractivity contribution in [2.45, 2.75) is 206 Å². The summed E-state index contributed by atoms with van der Waals surface area (Å²) < 4.78 is 22.1. The Hall–Kier alpha value is -2.06. The van der Waals surface area contributed by atoms with E-state index in [-0.39, 0.29) is 25.7 Å². The number of aliphatic hydroxyl groups excluding tert-OH is 1. The fourth-order valence-electron chi connectivity index (χ4n) is 6.33. The van der Waals surface area contributed by atoms with Gasteiger partial charge in [0.05, 0.1) is 25.4 Å². The smallest absolute Gasteiger partial charge is 0.387 e. The van der Waals surface area contributed by atoms with Gasteiger partial charge in [-0.2, -0.15) is 0 Å². The van der Waals surface area contributed by atoms with E-state index in [1.54, 1.807) is 6.08 Å². The number of carbonyl (C=O) groups excluding carboxylic acids is 1. The SMILES string of the molecule is CC/C=C\C/C=C\C/C=C\C/C=C\C/C=C\CCCCCCCCCC(=O)NC(COP(=O)(O)OCCN)C(O)/C=C/CCCCCCCCCCCCCCC. The Bertz CT molecular complexity index is 1120. The third kappa shape index (κ3) is 41.9. The number of hydrogen-bond donors (Lipinski definition) is 4. The molecule has 0 fully saturated rings. The van der Waals surface area contributed by atoms with Gasteiger partial charge in [0.15, 0.2) is 0 Å². The van der Waals surface area contributed by atoms with Crippen LogP contribution in [-0.2, 0) is 18.4 Å². The van der Waals surface area contributed by atoms with Crippen LogP contribution >= 0.6 is 7.82 Å². The summed E-state index contributed by atoms with van der Waals surface area (Å²) in [6.45, 7) is 4.01. The first-order valence-corrected chi connectivity index (χ1v) is 24.6. The average molecular weight is 819 g/mol. The van der Waals surface area contributed by atoms with E-state index < -0.39 is 20.0 Å². The Labute approximate surface area is 350 Å². The highest BCUT2D eigenvalue weighted by Gasteiger charge is 2.26. The number of rotatable bonds is 42. The van der Waals surface area contributed by atoms with Crippen molar-refractivity contribution >= 4 is 13.7 Å². The van der Waals surface area contributed by atoms with E-state index in [1.807, 2.05) is 6.08 Å². The van der Waals surface area contributed by atoms with Crippen molar-refractivity contribution in [2.24, 2.45) is 5.73 Å². The van der Waals surface area contributed by atoms with Crippen LogP contribution in [0.25, 0.3) is 0 Å². The van der Waals surface area contributed by atoms with Crippen LogP contribution < -0.4 is 11.1 Å². The molecule has 8 nitrogen and oxygen atoms in total. The van der Waals surface area contributed by atoms with Crippen LogP contribution in [0.4, 0.5) is 0 Å². The normalized spacial score (nSPS) is 14.7. The fourth-order valence-corrected chi connectivity index (χ4v) is 7.09. The predicted molar refractivity (Wildman–Crippen MR) is 244 cm³/mol. The maximum atomic E-state index is 12.8. The molecule has 330 valence electrons. The van der Waals surface area contributed by atoms with E-state index in [4.69, 9.17) is 14.8 Å². The maximum Gasteiger partial charge on any atom is 0.472 e. The van der Waals surface area contributed by atoms with Gasteiger partial charge in [-0.3, -0.25) is 13.8 Å². The molecule has 0 aliphatic rings. The summed E-state index contributed by atoms with van der Waals surface area (Å²) in [5.74, 6) is -0.208. The Morgan fingerprint density at radius 1 is 0.596 bits per heavy atom.